The first-order chi connectivity index (χ1) is 40.3. The summed E-state index contributed by atoms with van der Waals surface area (Å²) in [5.41, 5.74) is 12.1. The van der Waals surface area contributed by atoms with E-state index in [4.69, 9.17) is 0 Å². The summed E-state index contributed by atoms with van der Waals surface area (Å²) in [6.07, 6.45) is 8.31. The van der Waals surface area contributed by atoms with Gasteiger partial charge in [-0.3, -0.25) is 9.80 Å². The van der Waals surface area contributed by atoms with Gasteiger partial charge in [-0.25, -0.2) is 18.8 Å². The van der Waals surface area contributed by atoms with Crippen LogP contribution in [0.2, 0.25) is 0 Å². The van der Waals surface area contributed by atoms with Gasteiger partial charge in [0.1, 0.15) is 23.0 Å². The minimum absolute atomic E-state index is 0. The molecule has 10 nitrogen and oxygen atoms in total. The second-order valence-corrected chi connectivity index (χ2v) is 39.4. The van der Waals surface area contributed by atoms with Crippen LogP contribution in [0.1, 0.15) is 292 Å². The topological polar surface area (TPSA) is 111 Å². The van der Waals surface area contributed by atoms with E-state index in [0.29, 0.717) is 49.2 Å². The molecule has 0 amide bonds. The van der Waals surface area contributed by atoms with Crippen molar-refractivity contribution in [2.45, 2.75) is 301 Å². The van der Waals surface area contributed by atoms with Gasteiger partial charge in [-0.15, -0.1) is 0 Å². The Balaban J connectivity index is 0.000000294. The second kappa shape index (κ2) is 29.7. The Kier molecular flexibility index (Phi) is 26.3. The molecule has 3 saturated heterocycles. The number of phenols is 4. The number of hydrogen-bond acceptors (Lipinski definition) is 6. The molecule has 0 spiro atoms. The van der Waals surface area contributed by atoms with E-state index < -0.39 is 7.51 Å². The molecular formula is C78H132N6O4PY+. The van der Waals surface area contributed by atoms with Gasteiger partial charge in [0.2, 0.25) is 0 Å². The average molecular weight is 1340 g/mol. The van der Waals surface area contributed by atoms with Gasteiger partial charge in [0.05, 0.1) is 0 Å². The largest absolute Gasteiger partial charge is 0.507 e. The molecule has 0 aliphatic carbocycles. The number of nitrogens with one attached hydrogen (secondary N) is 1. The second-order valence-electron chi connectivity index (χ2n) is 36.4. The van der Waals surface area contributed by atoms with Gasteiger partial charge in [0.25, 0.3) is 0 Å². The zero-order valence-corrected chi connectivity index (χ0v) is 66.7. The van der Waals surface area contributed by atoms with Crippen molar-refractivity contribution in [3.05, 3.63) is 115 Å². The summed E-state index contributed by atoms with van der Waals surface area (Å²) in [5.74, 6) is 1.54. The molecule has 0 bridgehead atoms. The fourth-order valence-electron chi connectivity index (χ4n) is 12.7. The van der Waals surface area contributed by atoms with E-state index in [9.17, 15) is 20.4 Å². The summed E-state index contributed by atoms with van der Waals surface area (Å²) in [4.78, 5) is 4.36. The number of benzene rings is 4. The summed E-state index contributed by atoms with van der Waals surface area (Å²) in [5, 5.41) is 44.8. The zero-order valence-electron chi connectivity index (χ0n) is 63.0. The van der Waals surface area contributed by atoms with E-state index in [2.05, 4.69) is 278 Å². The van der Waals surface area contributed by atoms with Crippen molar-refractivity contribution in [1.29, 1.82) is 0 Å². The van der Waals surface area contributed by atoms with E-state index in [0.717, 1.165) is 44.5 Å². The third-order valence-corrected chi connectivity index (χ3v) is 22.7. The molecule has 3 aliphatic heterocycles. The normalized spacial score (nSPS) is 16.5. The number of hydrogen-bond donors (Lipinski definition) is 5. The van der Waals surface area contributed by atoms with Crippen LogP contribution in [0.5, 0.6) is 23.0 Å². The molecule has 0 unspecified atom stereocenters. The molecule has 0 atom stereocenters. The van der Waals surface area contributed by atoms with E-state index in [-0.39, 0.29) is 81.6 Å². The predicted octanol–water partition coefficient (Wildman–Crippen LogP) is 17.9. The number of nitrogens with zero attached hydrogens (tertiary/aromatic N) is 5. The molecule has 90 heavy (non-hydrogen) atoms. The average Bonchev–Trinajstić information content (AvgIpc) is 1.43. The summed E-state index contributed by atoms with van der Waals surface area (Å²) < 4.78 is 12.8. The van der Waals surface area contributed by atoms with Gasteiger partial charge in [0, 0.05) is 120 Å². The molecule has 7 rings (SSSR count). The molecule has 3 fully saturated rings. The first-order valence-electron chi connectivity index (χ1n) is 34.1. The molecule has 12 heteroatoms. The van der Waals surface area contributed by atoms with Crippen LogP contribution in [0.15, 0.2) is 48.5 Å². The molecule has 505 valence electrons. The van der Waals surface area contributed by atoms with Crippen molar-refractivity contribution in [3.63, 3.8) is 0 Å². The quantitative estimate of drug-likeness (QED) is 0.0938. The van der Waals surface area contributed by atoms with Crippen LogP contribution in [0.3, 0.4) is 0 Å². The maximum atomic E-state index is 11.2. The third-order valence-electron chi connectivity index (χ3n) is 18.1. The summed E-state index contributed by atoms with van der Waals surface area (Å²) in [6, 6.07) is 17.2. The summed E-state index contributed by atoms with van der Waals surface area (Å²) in [6.45, 7) is 69.5. The van der Waals surface area contributed by atoms with Crippen LogP contribution >= 0.6 is 7.51 Å². The van der Waals surface area contributed by atoms with Crippen LogP contribution in [-0.2, 0) is 102 Å². The van der Waals surface area contributed by atoms with E-state index in [1.54, 1.807) is 0 Å². The van der Waals surface area contributed by atoms with Crippen LogP contribution in [0.25, 0.3) is 0 Å². The maximum Gasteiger partial charge on any atom is 0.310 e. The van der Waals surface area contributed by atoms with Crippen molar-refractivity contribution in [3.8, 4) is 23.0 Å². The van der Waals surface area contributed by atoms with Crippen molar-refractivity contribution in [2.24, 2.45) is 0 Å². The predicted molar refractivity (Wildman–Crippen MR) is 382 cm³/mol. The molecule has 3 heterocycles. The number of rotatable bonds is 11. The Bertz CT molecular complexity index is 2700. The monoisotopic (exact) mass is 1340 g/mol. The smallest absolute Gasteiger partial charge is 0.310 e. The Morgan fingerprint density at radius 2 is 0.500 bits per heavy atom. The molecule has 1 radical (unpaired) electrons. The fraction of sp³-hybridized carbons (Fsp3) is 0.692. The van der Waals surface area contributed by atoms with Crippen molar-refractivity contribution in [2.75, 3.05) is 53.4 Å². The van der Waals surface area contributed by atoms with Gasteiger partial charge >= 0.3 is 7.51 Å². The van der Waals surface area contributed by atoms with E-state index in [1.807, 2.05) is 0 Å². The standard InChI is InChI=1S/2C31H49NO2.C16H33N4P.Y/c2*1-28(2,3)22-14-20(26(33)24(16-22)30(7,8)9)18-32(13)19-21-15-23(29(4,5)6)17-25(27(21)34)31(10,11)12;1-16(2,3)17-21(18-10-4-5-11-18,19-12-6-7-13-19)20-14-8-9-15-20;/h2*14-17,33-34H,18-19H2,1-13H3;4-15H2,1-3H3;/p+1. The molecule has 0 aromatic heterocycles. The van der Waals surface area contributed by atoms with Crippen LogP contribution < -0.4 is 4.74 Å². The number of aromatic hydroxyl groups is 4. The minimum Gasteiger partial charge on any atom is -0.507 e. The van der Waals surface area contributed by atoms with Crippen molar-refractivity contribution < 1.29 is 57.9 Å². The third kappa shape index (κ3) is 20.9. The van der Waals surface area contributed by atoms with Gasteiger partial charge in [-0.2, -0.15) is 0 Å². The summed E-state index contributed by atoms with van der Waals surface area (Å²) >= 11 is 0. The van der Waals surface area contributed by atoms with Crippen LogP contribution in [0, 0.1) is 0 Å². The molecule has 0 saturated carbocycles. The molecule has 4 aromatic rings. The molecule has 4 aromatic carbocycles. The van der Waals surface area contributed by atoms with Gasteiger partial charge in [-0.05, 0) is 161 Å². The van der Waals surface area contributed by atoms with Crippen LogP contribution in [-0.4, -0.2) is 103 Å². The Morgan fingerprint density at radius 1 is 0.322 bits per heavy atom. The Labute approximate surface area is 577 Å². The molecule has 3 aliphatic rings. The van der Waals surface area contributed by atoms with Gasteiger partial charge in [-0.1, -0.05) is 215 Å². The van der Waals surface area contributed by atoms with Crippen molar-refractivity contribution in [1.82, 2.24) is 23.8 Å². The Morgan fingerprint density at radius 3 is 0.644 bits per heavy atom. The number of phenolic OH excluding ortho intramolecular Hbond substituents is 4. The maximum absolute atomic E-state index is 11.2. The SMILES string of the molecule is CC(C)(C)[NH+]=P(N1CCCC1)(N1CCCC1)N1CCCC1.CN(Cc1cc(C(C)(C)C)cc(C(C)(C)C)c1O)Cc1cc(C(C)(C)C)cc(C(C)(C)C)c1O.CN(Cc1cc(C(C)(C)C)cc(C(C)(C)C)c1O)Cc1cc(C(C)(C)C)cc(C(C)(C)C)c1O.[Y]. The first-order valence-corrected chi connectivity index (χ1v) is 35.7. The molecule has 5 N–H and O–H groups in total. The van der Waals surface area contributed by atoms with Gasteiger partial charge < -0.3 is 20.4 Å². The van der Waals surface area contributed by atoms with E-state index >= 15 is 0 Å². The van der Waals surface area contributed by atoms with Crippen LogP contribution in [0.4, 0.5) is 0 Å². The minimum atomic E-state index is -1.51. The summed E-state index contributed by atoms with van der Waals surface area (Å²) in [7, 11) is 2.60. The fourth-order valence-corrected chi connectivity index (χ4v) is 17.6. The zero-order chi connectivity index (χ0) is 67.8. The Hall–Kier alpha value is -2.79. The van der Waals surface area contributed by atoms with Gasteiger partial charge in [0.15, 0.2) is 5.54 Å². The first kappa shape index (κ1) is 79.7. The molecular weight excluding hydrogens is 1200 g/mol. The van der Waals surface area contributed by atoms with E-state index in [1.165, 1.54) is 100 Å². The van der Waals surface area contributed by atoms with Crippen molar-refractivity contribution >= 4 is 7.51 Å².